The van der Waals surface area contributed by atoms with Crippen molar-refractivity contribution in [3.8, 4) is 0 Å². The third-order valence-corrected chi connectivity index (χ3v) is 0.696. The summed E-state index contributed by atoms with van der Waals surface area (Å²) in [6.45, 7) is 2.68. The van der Waals surface area contributed by atoms with Gasteiger partial charge in [0.15, 0.2) is 0 Å². The minimum Gasteiger partial charge on any atom is -0.240 e. The van der Waals surface area contributed by atoms with Crippen LogP contribution in [0.3, 0.4) is 0 Å². The summed E-state index contributed by atoms with van der Waals surface area (Å²) in [6.07, 6.45) is 3.94. The van der Waals surface area contributed by atoms with Crippen LogP contribution >= 0.6 is 0 Å². The molecule has 0 saturated heterocycles. The van der Waals surface area contributed by atoms with Crippen molar-refractivity contribution in [1.82, 2.24) is 16.4 Å². The summed E-state index contributed by atoms with van der Waals surface area (Å²) in [4.78, 5) is 0. The lowest BCUT2D eigenvalue weighted by Crippen LogP contribution is -2.39. The normalized spacial score (nSPS) is 21.7. The maximum absolute atomic E-state index is 2.87. The summed E-state index contributed by atoms with van der Waals surface area (Å²) in [6, 6.07) is 0. The fourth-order valence-corrected chi connectivity index (χ4v) is 0.387. The van der Waals surface area contributed by atoms with E-state index in [1.54, 1.807) is 0 Å². The Balaban J connectivity index is 2.20. The van der Waals surface area contributed by atoms with Gasteiger partial charge in [0.2, 0.25) is 0 Å². The van der Waals surface area contributed by atoms with Crippen molar-refractivity contribution in [2.24, 2.45) is 0 Å². The van der Waals surface area contributed by atoms with Crippen LogP contribution in [0.4, 0.5) is 0 Å². The highest BCUT2D eigenvalue weighted by Crippen LogP contribution is 1.73. The third kappa shape index (κ3) is 1.68. The monoisotopic (exact) mass is 98.1 g/mol. The smallest absolute Gasteiger partial charge is 0.0609 e. The van der Waals surface area contributed by atoms with Gasteiger partial charge in [-0.3, -0.25) is 0 Å². The number of hydrogen-bond acceptors (Lipinski definition) is 3. The van der Waals surface area contributed by atoms with Crippen LogP contribution < -0.4 is 16.4 Å². The Morgan fingerprint density at radius 3 is 3.43 bits per heavy atom. The molecule has 0 saturated carbocycles. The Hall–Kier alpha value is -0.380. The lowest BCUT2D eigenvalue weighted by molar-refractivity contribution is 0.511. The maximum Gasteiger partial charge on any atom is 0.0609 e. The summed E-state index contributed by atoms with van der Waals surface area (Å²) < 4.78 is 0. The molecule has 3 nitrogen and oxygen atoms in total. The topological polar surface area (TPSA) is 36.1 Å². The average Bonchev–Trinajstić information content (AvgIpc) is 1.90. The van der Waals surface area contributed by atoms with Crippen molar-refractivity contribution in [2.75, 3.05) is 6.54 Å². The summed E-state index contributed by atoms with van der Waals surface area (Å²) in [7, 11) is 0. The molecule has 0 spiro atoms. The van der Waals surface area contributed by atoms with Crippen LogP contribution in [0.15, 0.2) is 12.2 Å². The average molecular weight is 98.1 g/mol. The Bertz CT molecular complexity index is 61.3. The quantitative estimate of drug-likeness (QED) is 0.375. The van der Waals surface area contributed by atoms with Crippen LogP contribution in [0.2, 0.25) is 0 Å². The van der Waals surface area contributed by atoms with Crippen LogP contribution in [-0.4, -0.2) is 6.54 Å². The van der Waals surface area contributed by atoms with E-state index in [0.29, 0.717) is 0 Å². The van der Waals surface area contributed by atoms with Crippen LogP contribution in [-0.2, 0) is 0 Å². The predicted octanol–water partition coefficient (Wildman–Crippen LogP) is -0.683. The molecule has 0 aromatic carbocycles. The van der Waals surface area contributed by atoms with E-state index in [2.05, 4.69) is 16.4 Å². The number of hydrogen-bond donors (Lipinski definition) is 3. The van der Waals surface area contributed by atoms with E-state index < -0.39 is 0 Å². The van der Waals surface area contributed by atoms with Gasteiger partial charge in [-0.25, -0.2) is 10.9 Å². The molecule has 1 aliphatic rings. The summed E-state index contributed by atoms with van der Waals surface area (Å²) in [5.41, 5.74) is 8.37. The van der Waals surface area contributed by atoms with Crippen molar-refractivity contribution < 1.29 is 0 Å². The molecule has 1 aliphatic heterocycles. The van der Waals surface area contributed by atoms with Crippen LogP contribution in [0, 0.1) is 6.54 Å². The molecule has 0 unspecified atom stereocenters. The molecule has 0 bridgehead atoms. The molecule has 3 N–H and O–H groups in total. The zero-order chi connectivity index (χ0) is 4.95. The van der Waals surface area contributed by atoms with E-state index in [4.69, 9.17) is 0 Å². The highest BCUT2D eigenvalue weighted by molar-refractivity contribution is 4.94. The Morgan fingerprint density at radius 2 is 2.43 bits per heavy atom. The van der Waals surface area contributed by atoms with Crippen LogP contribution in [0.5, 0.6) is 0 Å². The van der Waals surface area contributed by atoms with Gasteiger partial charge in [-0.15, -0.1) is 0 Å². The number of rotatable bonds is 0. The largest absolute Gasteiger partial charge is 0.240 e. The standard InChI is InChI=1S/C4H8N3/c1-2-4-6-7-5-3-1/h1-3,5-7H,4H2. The molecule has 3 heteroatoms. The first-order valence-corrected chi connectivity index (χ1v) is 2.22. The first-order chi connectivity index (χ1) is 3.50. The lowest BCUT2D eigenvalue weighted by atomic mass is 10.5. The van der Waals surface area contributed by atoms with Gasteiger partial charge < -0.3 is 0 Å². The summed E-state index contributed by atoms with van der Waals surface area (Å²) >= 11 is 0. The van der Waals surface area contributed by atoms with Crippen molar-refractivity contribution in [3.05, 3.63) is 18.7 Å². The number of nitrogens with one attached hydrogen (secondary N) is 3. The molecule has 1 radical (unpaired) electrons. The first kappa shape index (κ1) is 4.77. The van der Waals surface area contributed by atoms with Gasteiger partial charge in [-0.2, -0.15) is 5.53 Å². The molecule has 39 valence electrons. The van der Waals surface area contributed by atoms with Crippen LogP contribution in [0.25, 0.3) is 0 Å². The lowest BCUT2D eigenvalue weighted by Gasteiger charge is -1.97. The van der Waals surface area contributed by atoms with Crippen molar-refractivity contribution in [1.29, 1.82) is 0 Å². The highest BCUT2D eigenvalue weighted by Gasteiger charge is 1.83. The van der Waals surface area contributed by atoms with Gasteiger partial charge in [0.1, 0.15) is 0 Å². The van der Waals surface area contributed by atoms with Gasteiger partial charge in [0, 0.05) is 6.54 Å². The number of hydrazine groups is 2. The first-order valence-electron chi connectivity index (χ1n) is 2.22. The molecular formula is C4H8N3. The minimum atomic E-state index is 0.865. The molecule has 0 aromatic rings. The molecule has 0 amide bonds. The molecule has 0 atom stereocenters. The van der Waals surface area contributed by atoms with Crippen LogP contribution in [0.1, 0.15) is 0 Å². The third-order valence-electron chi connectivity index (χ3n) is 0.696. The Kier molecular flexibility index (Phi) is 1.87. The molecule has 0 aliphatic carbocycles. The fourth-order valence-electron chi connectivity index (χ4n) is 0.387. The zero-order valence-corrected chi connectivity index (χ0v) is 3.94. The van der Waals surface area contributed by atoms with E-state index in [1.165, 1.54) is 0 Å². The Labute approximate surface area is 42.7 Å². The second kappa shape index (κ2) is 2.74. The van der Waals surface area contributed by atoms with Gasteiger partial charge in [-0.1, -0.05) is 12.2 Å². The van der Waals surface area contributed by atoms with Crippen molar-refractivity contribution in [2.45, 2.75) is 0 Å². The van der Waals surface area contributed by atoms with Gasteiger partial charge >= 0.3 is 0 Å². The molecule has 0 fully saturated rings. The van der Waals surface area contributed by atoms with Gasteiger partial charge in [0.25, 0.3) is 0 Å². The second-order valence-corrected chi connectivity index (χ2v) is 1.25. The molecular weight excluding hydrogens is 90.1 g/mol. The summed E-state index contributed by atoms with van der Waals surface area (Å²) in [5.74, 6) is 0. The molecule has 0 aromatic heterocycles. The van der Waals surface area contributed by atoms with E-state index in [1.807, 2.05) is 18.7 Å². The molecule has 1 heterocycles. The fraction of sp³-hybridized carbons (Fsp3) is 0.250. The van der Waals surface area contributed by atoms with Gasteiger partial charge in [-0.05, 0) is 0 Å². The summed E-state index contributed by atoms with van der Waals surface area (Å²) in [5, 5.41) is 0. The second-order valence-electron chi connectivity index (χ2n) is 1.25. The SMILES string of the molecule is [CH]1C=CCNNN1. The van der Waals surface area contributed by atoms with Gasteiger partial charge in [0.05, 0.1) is 6.54 Å². The van der Waals surface area contributed by atoms with E-state index in [9.17, 15) is 0 Å². The Morgan fingerprint density at radius 1 is 1.43 bits per heavy atom. The molecule has 7 heavy (non-hydrogen) atoms. The highest BCUT2D eigenvalue weighted by atomic mass is 15.6. The molecule has 1 rings (SSSR count). The van der Waals surface area contributed by atoms with E-state index in [-0.39, 0.29) is 0 Å². The minimum absolute atomic E-state index is 0.865. The predicted molar refractivity (Wildman–Crippen MR) is 27.7 cm³/mol. The zero-order valence-electron chi connectivity index (χ0n) is 3.94. The van der Waals surface area contributed by atoms with Crippen molar-refractivity contribution in [3.63, 3.8) is 0 Å². The van der Waals surface area contributed by atoms with E-state index >= 15 is 0 Å². The van der Waals surface area contributed by atoms with E-state index in [0.717, 1.165) is 6.54 Å². The maximum atomic E-state index is 2.87. The van der Waals surface area contributed by atoms with Crippen molar-refractivity contribution >= 4 is 0 Å².